The third kappa shape index (κ3) is 3.83. The Morgan fingerprint density at radius 2 is 2.00 bits per heavy atom. The molecule has 1 aromatic carbocycles. The van der Waals surface area contributed by atoms with Gasteiger partial charge < -0.3 is 5.32 Å². The molecule has 1 fully saturated rings. The molecule has 1 saturated carbocycles. The second kappa shape index (κ2) is 6.72. The molecule has 1 aliphatic carbocycles. The van der Waals surface area contributed by atoms with Gasteiger partial charge in [-0.1, -0.05) is 49.6 Å². The monoisotopic (exact) mass is 295 g/mol. The Kier molecular flexibility index (Phi) is 5.22. The Bertz CT molecular complexity index is 537. The minimum atomic E-state index is -3.09. The van der Waals surface area contributed by atoms with Crippen LogP contribution in [0.25, 0.3) is 0 Å². The maximum atomic E-state index is 12.7. The van der Waals surface area contributed by atoms with Crippen LogP contribution in [0.15, 0.2) is 24.3 Å². The van der Waals surface area contributed by atoms with E-state index in [0.29, 0.717) is 0 Å². The van der Waals surface area contributed by atoms with Crippen molar-refractivity contribution in [2.24, 2.45) is 0 Å². The summed E-state index contributed by atoms with van der Waals surface area (Å²) in [5.41, 5.74) is 2.02. The molecule has 0 bridgehead atoms. The van der Waals surface area contributed by atoms with E-state index in [1.54, 1.807) is 0 Å². The fourth-order valence-corrected chi connectivity index (χ4v) is 5.28. The van der Waals surface area contributed by atoms with E-state index in [1.165, 1.54) is 0 Å². The van der Waals surface area contributed by atoms with Crippen LogP contribution >= 0.6 is 0 Å². The number of hydrogen-bond donors (Lipinski definition) is 1. The summed E-state index contributed by atoms with van der Waals surface area (Å²) in [6.07, 6.45) is 3.94. The van der Waals surface area contributed by atoms with Crippen LogP contribution in [-0.2, 0) is 15.6 Å². The van der Waals surface area contributed by atoms with Gasteiger partial charge in [-0.3, -0.25) is 0 Å². The molecule has 112 valence electrons. The molecule has 0 radical (unpaired) electrons. The van der Waals surface area contributed by atoms with Crippen molar-refractivity contribution < 1.29 is 8.42 Å². The second-order valence-electron chi connectivity index (χ2n) is 5.78. The minimum absolute atomic E-state index is 0.128. The Balaban J connectivity index is 2.15. The summed E-state index contributed by atoms with van der Waals surface area (Å²) in [5, 5.41) is 3.13. The predicted octanol–water partition coefficient (Wildman–Crippen LogP) is 2.83. The zero-order valence-corrected chi connectivity index (χ0v) is 13.2. The van der Waals surface area contributed by atoms with Crippen LogP contribution in [0.1, 0.15) is 43.7 Å². The van der Waals surface area contributed by atoms with Gasteiger partial charge in [-0.15, -0.1) is 0 Å². The van der Waals surface area contributed by atoms with Crippen LogP contribution in [0.5, 0.6) is 0 Å². The first-order valence-corrected chi connectivity index (χ1v) is 9.25. The summed E-state index contributed by atoms with van der Waals surface area (Å²) >= 11 is 0. The predicted molar refractivity (Wildman–Crippen MR) is 83.5 cm³/mol. The molecule has 20 heavy (non-hydrogen) atoms. The quantitative estimate of drug-likeness (QED) is 0.908. The lowest BCUT2D eigenvalue weighted by Crippen LogP contribution is -2.46. The number of sulfone groups is 1. The van der Waals surface area contributed by atoms with E-state index in [1.807, 2.05) is 38.1 Å². The lowest BCUT2D eigenvalue weighted by atomic mass is 9.95. The second-order valence-corrected chi connectivity index (χ2v) is 8.00. The zero-order valence-electron chi connectivity index (χ0n) is 12.4. The van der Waals surface area contributed by atoms with Crippen molar-refractivity contribution in [1.82, 2.24) is 5.32 Å². The molecular formula is C16H25NO2S. The van der Waals surface area contributed by atoms with Gasteiger partial charge in [-0.2, -0.15) is 0 Å². The Labute approximate surface area is 122 Å². The molecule has 2 unspecified atom stereocenters. The summed E-state index contributed by atoms with van der Waals surface area (Å²) in [4.78, 5) is 0. The van der Waals surface area contributed by atoms with Crippen molar-refractivity contribution in [2.75, 3.05) is 6.54 Å². The number of hydrogen-bond acceptors (Lipinski definition) is 3. The number of benzene rings is 1. The Morgan fingerprint density at radius 1 is 1.25 bits per heavy atom. The molecule has 0 saturated heterocycles. The van der Waals surface area contributed by atoms with Crippen LogP contribution in [-0.4, -0.2) is 26.3 Å². The molecule has 0 aromatic heterocycles. The molecule has 4 heteroatoms. The average Bonchev–Trinajstić information content (AvgIpc) is 2.39. The first kappa shape index (κ1) is 15.5. The molecule has 1 aromatic rings. The van der Waals surface area contributed by atoms with Crippen molar-refractivity contribution in [1.29, 1.82) is 0 Å². The maximum Gasteiger partial charge on any atom is 0.158 e. The van der Waals surface area contributed by atoms with E-state index in [4.69, 9.17) is 0 Å². The van der Waals surface area contributed by atoms with Gasteiger partial charge in [0.2, 0.25) is 0 Å². The molecule has 2 rings (SSSR count). The molecular weight excluding hydrogens is 270 g/mol. The van der Waals surface area contributed by atoms with Crippen LogP contribution < -0.4 is 5.32 Å². The van der Waals surface area contributed by atoms with E-state index in [0.717, 1.165) is 43.4 Å². The number of nitrogens with one attached hydrogen (secondary N) is 1. The first-order valence-electron chi connectivity index (χ1n) is 7.53. The number of rotatable bonds is 5. The van der Waals surface area contributed by atoms with E-state index < -0.39 is 9.84 Å². The largest absolute Gasteiger partial charge is 0.313 e. The summed E-state index contributed by atoms with van der Waals surface area (Å²) in [5.74, 6) is 0.168. The van der Waals surface area contributed by atoms with Crippen molar-refractivity contribution in [3.63, 3.8) is 0 Å². The Hall–Kier alpha value is -0.870. The van der Waals surface area contributed by atoms with Gasteiger partial charge >= 0.3 is 0 Å². The smallest absolute Gasteiger partial charge is 0.158 e. The highest BCUT2D eigenvalue weighted by atomic mass is 32.2. The highest BCUT2D eigenvalue weighted by Crippen LogP contribution is 2.27. The summed E-state index contributed by atoms with van der Waals surface area (Å²) in [7, 11) is -3.09. The first-order chi connectivity index (χ1) is 9.53. The van der Waals surface area contributed by atoms with Crippen LogP contribution in [0, 0.1) is 6.92 Å². The summed E-state index contributed by atoms with van der Waals surface area (Å²) < 4.78 is 25.4. The van der Waals surface area contributed by atoms with Crippen molar-refractivity contribution in [3.8, 4) is 0 Å². The third-order valence-corrected chi connectivity index (χ3v) is 6.30. The van der Waals surface area contributed by atoms with Gasteiger partial charge in [-0.05, 0) is 31.9 Å². The molecule has 1 aliphatic rings. The van der Waals surface area contributed by atoms with Crippen molar-refractivity contribution >= 4 is 9.84 Å². The summed E-state index contributed by atoms with van der Waals surface area (Å²) in [6.45, 7) is 4.87. The highest BCUT2D eigenvalue weighted by molar-refractivity contribution is 7.91. The van der Waals surface area contributed by atoms with Gasteiger partial charge in [0.05, 0.1) is 11.0 Å². The molecule has 0 amide bonds. The van der Waals surface area contributed by atoms with Gasteiger partial charge in [0.1, 0.15) is 0 Å². The standard InChI is InChI=1S/C16H25NO2S/c1-3-17-15-9-4-5-10-16(15)20(18,19)12-14-8-6-7-13(2)11-14/h6-8,11,15-17H,3-5,9-10,12H2,1-2H3. The molecule has 0 spiro atoms. The van der Waals surface area contributed by atoms with E-state index >= 15 is 0 Å². The van der Waals surface area contributed by atoms with Crippen LogP contribution in [0.3, 0.4) is 0 Å². The van der Waals surface area contributed by atoms with E-state index in [2.05, 4.69) is 5.32 Å². The van der Waals surface area contributed by atoms with Crippen LogP contribution in [0.4, 0.5) is 0 Å². The molecule has 0 aliphatic heterocycles. The van der Waals surface area contributed by atoms with Gasteiger partial charge in [0.25, 0.3) is 0 Å². The fraction of sp³-hybridized carbons (Fsp3) is 0.625. The SMILES string of the molecule is CCNC1CCCCC1S(=O)(=O)Cc1cccc(C)c1. The topological polar surface area (TPSA) is 46.2 Å². The molecule has 3 nitrogen and oxygen atoms in total. The van der Waals surface area contributed by atoms with E-state index in [-0.39, 0.29) is 17.0 Å². The van der Waals surface area contributed by atoms with Gasteiger partial charge in [0, 0.05) is 6.04 Å². The summed E-state index contributed by atoms with van der Waals surface area (Å²) in [6, 6.07) is 7.95. The fourth-order valence-electron chi connectivity index (χ4n) is 3.16. The van der Waals surface area contributed by atoms with Gasteiger partial charge in [0.15, 0.2) is 9.84 Å². The number of aryl methyl sites for hydroxylation is 1. The molecule has 1 N–H and O–H groups in total. The van der Waals surface area contributed by atoms with Crippen molar-refractivity contribution in [3.05, 3.63) is 35.4 Å². The van der Waals surface area contributed by atoms with Crippen LogP contribution in [0.2, 0.25) is 0 Å². The van der Waals surface area contributed by atoms with Crippen molar-refractivity contribution in [2.45, 2.75) is 56.6 Å². The minimum Gasteiger partial charge on any atom is -0.313 e. The highest BCUT2D eigenvalue weighted by Gasteiger charge is 2.34. The Morgan fingerprint density at radius 3 is 2.70 bits per heavy atom. The zero-order chi connectivity index (χ0) is 14.6. The van der Waals surface area contributed by atoms with Gasteiger partial charge in [-0.25, -0.2) is 8.42 Å². The molecule has 2 atom stereocenters. The molecule has 0 heterocycles. The average molecular weight is 295 g/mol. The van der Waals surface area contributed by atoms with E-state index in [9.17, 15) is 8.42 Å². The normalized spacial score (nSPS) is 23.7. The third-order valence-electron chi connectivity index (χ3n) is 4.08. The lowest BCUT2D eigenvalue weighted by molar-refractivity contribution is 0.376. The lowest BCUT2D eigenvalue weighted by Gasteiger charge is -2.31. The maximum absolute atomic E-state index is 12.7.